The molecule has 0 bridgehead atoms. The Labute approximate surface area is 177 Å². The van der Waals surface area contributed by atoms with Gasteiger partial charge in [0.25, 0.3) is 0 Å². The second-order valence-electron chi connectivity index (χ2n) is 6.33. The molecule has 6 nitrogen and oxygen atoms in total. The van der Waals surface area contributed by atoms with Gasteiger partial charge in [0.1, 0.15) is 24.2 Å². The highest BCUT2D eigenvalue weighted by molar-refractivity contribution is 14.0. The fraction of sp³-hybridized carbons (Fsp3) is 0.474. The van der Waals surface area contributed by atoms with E-state index in [9.17, 15) is 4.39 Å². The van der Waals surface area contributed by atoms with E-state index in [-0.39, 0.29) is 35.9 Å². The van der Waals surface area contributed by atoms with E-state index >= 15 is 0 Å². The lowest BCUT2D eigenvalue weighted by molar-refractivity contribution is 0.223. The first-order valence-electron chi connectivity index (χ1n) is 8.87. The Morgan fingerprint density at radius 3 is 2.67 bits per heavy atom. The molecule has 0 aliphatic rings. The number of nitrogens with zero attached hydrogens (tertiary/aromatic N) is 2. The molecule has 1 unspecified atom stereocenters. The molecule has 0 aliphatic carbocycles. The zero-order valence-electron chi connectivity index (χ0n) is 16.2. The molecule has 1 aromatic carbocycles. The maximum absolute atomic E-state index is 13.2. The molecule has 0 fully saturated rings. The van der Waals surface area contributed by atoms with Crippen molar-refractivity contribution in [1.82, 2.24) is 15.8 Å². The molecule has 1 aromatic heterocycles. The minimum Gasteiger partial charge on any atom is -0.489 e. The zero-order valence-corrected chi connectivity index (χ0v) is 18.5. The van der Waals surface area contributed by atoms with E-state index < -0.39 is 0 Å². The van der Waals surface area contributed by atoms with Gasteiger partial charge in [0.05, 0.1) is 12.2 Å². The van der Waals surface area contributed by atoms with Crippen LogP contribution in [0.25, 0.3) is 0 Å². The van der Waals surface area contributed by atoms with Crippen molar-refractivity contribution in [2.45, 2.75) is 46.3 Å². The number of guanidine groups is 1. The summed E-state index contributed by atoms with van der Waals surface area (Å²) in [5, 5.41) is 10.4. The van der Waals surface area contributed by atoms with Gasteiger partial charge in [-0.25, -0.2) is 9.38 Å². The predicted molar refractivity (Wildman–Crippen MR) is 115 cm³/mol. The van der Waals surface area contributed by atoms with Crippen molar-refractivity contribution in [3.63, 3.8) is 0 Å². The highest BCUT2D eigenvalue weighted by Gasteiger charge is 2.09. The molecule has 0 aliphatic heterocycles. The van der Waals surface area contributed by atoms with Crippen LogP contribution in [0.2, 0.25) is 0 Å². The van der Waals surface area contributed by atoms with Crippen LogP contribution < -0.4 is 15.4 Å². The van der Waals surface area contributed by atoms with Crippen molar-refractivity contribution in [1.29, 1.82) is 0 Å². The Morgan fingerprint density at radius 2 is 2.04 bits per heavy atom. The summed E-state index contributed by atoms with van der Waals surface area (Å²) in [4.78, 5) is 4.49. The summed E-state index contributed by atoms with van der Waals surface area (Å²) in [6.45, 7) is 9.69. The van der Waals surface area contributed by atoms with Crippen LogP contribution in [0.5, 0.6) is 5.75 Å². The van der Waals surface area contributed by atoms with Gasteiger partial charge in [-0.3, -0.25) is 0 Å². The van der Waals surface area contributed by atoms with Crippen LogP contribution in [0.3, 0.4) is 0 Å². The van der Waals surface area contributed by atoms with E-state index in [1.165, 1.54) is 12.1 Å². The normalized spacial score (nSPS) is 12.4. The lowest BCUT2D eigenvalue weighted by Crippen LogP contribution is -2.41. The molecule has 27 heavy (non-hydrogen) atoms. The van der Waals surface area contributed by atoms with Crippen molar-refractivity contribution < 1.29 is 13.7 Å². The van der Waals surface area contributed by atoms with Gasteiger partial charge in [-0.2, -0.15) is 0 Å². The molecule has 2 rings (SSSR count). The van der Waals surface area contributed by atoms with Crippen LogP contribution >= 0.6 is 24.0 Å². The number of hydrogen-bond acceptors (Lipinski definition) is 4. The molecule has 0 spiro atoms. The molecule has 150 valence electrons. The van der Waals surface area contributed by atoms with Gasteiger partial charge in [-0.1, -0.05) is 25.1 Å². The van der Waals surface area contributed by atoms with Gasteiger partial charge in [-0.15, -0.1) is 24.0 Å². The fourth-order valence-electron chi connectivity index (χ4n) is 2.23. The average molecular weight is 490 g/mol. The first kappa shape index (κ1) is 23.2. The summed E-state index contributed by atoms with van der Waals surface area (Å²) in [7, 11) is 0. The minimum absolute atomic E-state index is 0. The molecule has 1 heterocycles. The number of aromatic nitrogens is 1. The van der Waals surface area contributed by atoms with E-state index in [0.29, 0.717) is 30.7 Å². The van der Waals surface area contributed by atoms with Gasteiger partial charge in [0, 0.05) is 18.7 Å². The molecule has 8 heteroatoms. The van der Waals surface area contributed by atoms with E-state index in [0.717, 1.165) is 18.0 Å². The van der Waals surface area contributed by atoms with Crippen LogP contribution in [0.1, 0.15) is 45.1 Å². The van der Waals surface area contributed by atoms with Crippen molar-refractivity contribution in [3.05, 3.63) is 47.6 Å². The standard InChI is InChI=1S/C19H27FN4O2.HI/c1-5-21-19(23-12-17-10-18(13(2)3)24-26-17)22-11-14(4)25-16-8-6-7-15(20)9-16;/h6-10,13-14H,5,11-12H2,1-4H3,(H2,21,22,23);1H. The van der Waals surface area contributed by atoms with E-state index in [4.69, 9.17) is 9.26 Å². The zero-order chi connectivity index (χ0) is 18.9. The van der Waals surface area contributed by atoms with Crippen LogP contribution in [-0.4, -0.2) is 30.3 Å². The number of aliphatic imine (C=N–C) groups is 1. The van der Waals surface area contributed by atoms with Crippen molar-refractivity contribution in [2.24, 2.45) is 4.99 Å². The molecule has 2 aromatic rings. The number of rotatable bonds is 8. The van der Waals surface area contributed by atoms with Gasteiger partial charge >= 0.3 is 0 Å². The average Bonchev–Trinajstić information content (AvgIpc) is 3.07. The number of nitrogens with one attached hydrogen (secondary N) is 2. The molecule has 0 radical (unpaired) electrons. The number of benzene rings is 1. The van der Waals surface area contributed by atoms with Gasteiger partial charge in [-0.05, 0) is 31.9 Å². The Morgan fingerprint density at radius 1 is 1.26 bits per heavy atom. The maximum Gasteiger partial charge on any atom is 0.191 e. The topological polar surface area (TPSA) is 71.7 Å². The summed E-state index contributed by atoms with van der Waals surface area (Å²) >= 11 is 0. The van der Waals surface area contributed by atoms with Gasteiger partial charge in [0.15, 0.2) is 11.7 Å². The molecule has 0 saturated heterocycles. The largest absolute Gasteiger partial charge is 0.489 e. The maximum atomic E-state index is 13.2. The van der Waals surface area contributed by atoms with Crippen LogP contribution in [0, 0.1) is 5.82 Å². The smallest absolute Gasteiger partial charge is 0.191 e. The molecule has 1 atom stereocenters. The first-order valence-corrected chi connectivity index (χ1v) is 8.87. The van der Waals surface area contributed by atoms with Crippen molar-refractivity contribution in [3.8, 4) is 5.75 Å². The minimum atomic E-state index is -0.314. The third-order valence-corrected chi connectivity index (χ3v) is 3.60. The number of halogens is 2. The summed E-state index contributed by atoms with van der Waals surface area (Å²) < 4.78 is 24.2. The Bertz CT molecular complexity index is 721. The Kier molecular flexibility index (Phi) is 10.1. The molecule has 2 N–H and O–H groups in total. The van der Waals surface area contributed by atoms with Crippen molar-refractivity contribution >= 4 is 29.9 Å². The SMILES string of the molecule is CCNC(=NCc1cc(C(C)C)no1)NCC(C)Oc1cccc(F)c1.I. The third kappa shape index (κ3) is 8.15. The van der Waals surface area contributed by atoms with E-state index in [1.807, 2.05) is 19.9 Å². The summed E-state index contributed by atoms with van der Waals surface area (Å²) in [5.41, 5.74) is 0.922. The van der Waals surface area contributed by atoms with Crippen LogP contribution in [0.4, 0.5) is 4.39 Å². The molecular formula is C19H28FIN4O2. The predicted octanol–water partition coefficient (Wildman–Crippen LogP) is 4.08. The van der Waals surface area contributed by atoms with Crippen LogP contribution in [-0.2, 0) is 6.54 Å². The van der Waals surface area contributed by atoms with Gasteiger partial charge < -0.3 is 19.9 Å². The number of hydrogen-bond donors (Lipinski definition) is 2. The monoisotopic (exact) mass is 490 g/mol. The van der Waals surface area contributed by atoms with E-state index in [1.54, 1.807) is 12.1 Å². The Balaban J connectivity index is 0.00000364. The lowest BCUT2D eigenvalue weighted by Gasteiger charge is -2.17. The lowest BCUT2D eigenvalue weighted by atomic mass is 10.1. The summed E-state index contributed by atoms with van der Waals surface area (Å²) in [6.07, 6.45) is -0.154. The molecule has 0 saturated carbocycles. The quantitative estimate of drug-likeness (QED) is 0.332. The van der Waals surface area contributed by atoms with Crippen LogP contribution in [0.15, 0.2) is 39.8 Å². The molecule has 0 amide bonds. The highest BCUT2D eigenvalue weighted by atomic mass is 127. The molecular weight excluding hydrogens is 462 g/mol. The second-order valence-corrected chi connectivity index (χ2v) is 6.33. The number of ether oxygens (including phenoxy) is 1. The highest BCUT2D eigenvalue weighted by Crippen LogP contribution is 2.15. The Hall–Kier alpha value is -1.84. The first-order chi connectivity index (χ1) is 12.5. The summed E-state index contributed by atoms with van der Waals surface area (Å²) in [6, 6.07) is 8.04. The second kappa shape index (κ2) is 11.8. The summed E-state index contributed by atoms with van der Waals surface area (Å²) in [5.74, 6) is 1.89. The van der Waals surface area contributed by atoms with Crippen molar-refractivity contribution in [2.75, 3.05) is 13.1 Å². The van der Waals surface area contributed by atoms with E-state index in [2.05, 4.69) is 34.6 Å². The fourth-order valence-corrected chi connectivity index (χ4v) is 2.23. The van der Waals surface area contributed by atoms with Gasteiger partial charge in [0.2, 0.25) is 0 Å². The third-order valence-electron chi connectivity index (χ3n) is 3.60.